The van der Waals surface area contributed by atoms with E-state index in [1.54, 1.807) is 0 Å². The van der Waals surface area contributed by atoms with Crippen molar-refractivity contribution in [2.24, 2.45) is 5.92 Å². The van der Waals surface area contributed by atoms with Crippen LogP contribution < -0.4 is 5.32 Å². The zero-order valence-corrected chi connectivity index (χ0v) is 9.67. The molecule has 0 bridgehead atoms. The second kappa shape index (κ2) is 3.62. The first-order chi connectivity index (χ1) is 6.72. The number of nitrogens with one attached hydrogen (secondary N) is 1. The summed E-state index contributed by atoms with van der Waals surface area (Å²) in [4.78, 5) is 0. The predicted molar refractivity (Wildman–Crippen MR) is 61.3 cm³/mol. The molecule has 1 saturated heterocycles. The predicted octanol–water partition coefficient (Wildman–Crippen LogP) is 2.76. The molecule has 0 amide bonds. The summed E-state index contributed by atoms with van der Waals surface area (Å²) >= 11 is 6.06. The van der Waals surface area contributed by atoms with Gasteiger partial charge in [-0.25, -0.2) is 4.39 Å². The van der Waals surface area contributed by atoms with E-state index in [4.69, 9.17) is 11.6 Å². The number of piperidine rings is 1. The SMILES string of the molecule is Cl.Fc1ccc([C@@]23CNC[C@@H]2C3)c(Cl)c1. The average molecular weight is 248 g/mol. The van der Waals surface area contributed by atoms with Crippen LogP contribution in [0.3, 0.4) is 0 Å². The van der Waals surface area contributed by atoms with Crippen LogP contribution in [-0.4, -0.2) is 13.1 Å². The maximum absolute atomic E-state index is 12.9. The van der Waals surface area contributed by atoms with Gasteiger partial charge in [0.05, 0.1) is 0 Å². The highest BCUT2D eigenvalue weighted by atomic mass is 35.5. The van der Waals surface area contributed by atoms with Gasteiger partial charge < -0.3 is 5.32 Å². The molecule has 2 aliphatic rings. The third-order valence-corrected chi connectivity index (χ3v) is 3.84. The van der Waals surface area contributed by atoms with Gasteiger partial charge in [-0.1, -0.05) is 17.7 Å². The summed E-state index contributed by atoms with van der Waals surface area (Å²) in [5, 5.41) is 3.93. The van der Waals surface area contributed by atoms with Gasteiger partial charge in [0.2, 0.25) is 0 Å². The van der Waals surface area contributed by atoms with Gasteiger partial charge in [0.25, 0.3) is 0 Å². The molecule has 0 spiro atoms. The Balaban J connectivity index is 0.000000853. The third kappa shape index (κ3) is 1.55. The standard InChI is InChI=1S/C11H11ClFN.ClH/c12-10-3-8(13)1-2-9(10)11-4-7(11)5-14-6-11;/h1-3,7,14H,4-6H2;1H/t7-,11-;/m0./s1. The molecule has 2 fully saturated rings. The topological polar surface area (TPSA) is 12.0 Å². The van der Waals surface area contributed by atoms with Crippen molar-refractivity contribution < 1.29 is 4.39 Å². The smallest absolute Gasteiger partial charge is 0.124 e. The number of halogens is 3. The number of rotatable bonds is 1. The Morgan fingerprint density at radius 3 is 2.80 bits per heavy atom. The molecule has 1 nitrogen and oxygen atoms in total. The first-order valence-corrected chi connectivity index (χ1v) is 5.26. The van der Waals surface area contributed by atoms with Gasteiger partial charge in [0, 0.05) is 17.0 Å². The molecule has 0 aromatic heterocycles. The van der Waals surface area contributed by atoms with Crippen LogP contribution in [0.25, 0.3) is 0 Å². The molecule has 0 unspecified atom stereocenters. The first-order valence-electron chi connectivity index (χ1n) is 4.89. The maximum Gasteiger partial charge on any atom is 0.124 e. The fourth-order valence-corrected chi connectivity index (χ4v) is 3.01. The number of hydrogen-bond donors (Lipinski definition) is 1. The molecule has 1 N–H and O–H groups in total. The largest absolute Gasteiger partial charge is 0.316 e. The van der Waals surface area contributed by atoms with E-state index >= 15 is 0 Å². The van der Waals surface area contributed by atoms with Crippen molar-refractivity contribution in [1.82, 2.24) is 5.32 Å². The summed E-state index contributed by atoms with van der Waals surface area (Å²) < 4.78 is 12.9. The van der Waals surface area contributed by atoms with Gasteiger partial charge in [-0.15, -0.1) is 12.4 Å². The Bertz CT molecular complexity index is 396. The molecule has 1 saturated carbocycles. The minimum atomic E-state index is -0.252. The van der Waals surface area contributed by atoms with E-state index in [1.165, 1.54) is 18.6 Å². The Morgan fingerprint density at radius 1 is 1.47 bits per heavy atom. The lowest BCUT2D eigenvalue weighted by atomic mass is 9.95. The molecular formula is C11H12Cl2FN. The summed E-state index contributed by atoms with van der Waals surface area (Å²) in [5.41, 5.74) is 1.35. The van der Waals surface area contributed by atoms with E-state index in [9.17, 15) is 4.39 Å². The van der Waals surface area contributed by atoms with Crippen LogP contribution in [0.15, 0.2) is 18.2 Å². The minimum Gasteiger partial charge on any atom is -0.316 e. The monoisotopic (exact) mass is 247 g/mol. The molecule has 82 valence electrons. The van der Waals surface area contributed by atoms with Crippen molar-refractivity contribution in [3.05, 3.63) is 34.6 Å². The van der Waals surface area contributed by atoms with Gasteiger partial charge in [0.15, 0.2) is 0 Å². The zero-order valence-electron chi connectivity index (χ0n) is 8.09. The van der Waals surface area contributed by atoms with Gasteiger partial charge in [-0.3, -0.25) is 0 Å². The fraction of sp³-hybridized carbons (Fsp3) is 0.455. The van der Waals surface area contributed by atoms with Crippen molar-refractivity contribution in [2.45, 2.75) is 11.8 Å². The van der Waals surface area contributed by atoms with Gasteiger partial charge in [-0.05, 0) is 36.6 Å². The quantitative estimate of drug-likeness (QED) is 0.805. The van der Waals surface area contributed by atoms with Crippen molar-refractivity contribution in [3.63, 3.8) is 0 Å². The number of fused-ring (bicyclic) bond motifs is 1. The molecule has 1 heterocycles. The number of benzene rings is 1. The van der Waals surface area contributed by atoms with Crippen LogP contribution in [-0.2, 0) is 5.41 Å². The Morgan fingerprint density at radius 2 is 2.27 bits per heavy atom. The summed E-state index contributed by atoms with van der Waals surface area (Å²) in [6, 6.07) is 4.76. The van der Waals surface area contributed by atoms with Crippen LogP contribution in [0.1, 0.15) is 12.0 Å². The lowest BCUT2D eigenvalue weighted by Crippen LogP contribution is -2.19. The number of hydrogen-bond acceptors (Lipinski definition) is 1. The van der Waals surface area contributed by atoms with Crippen molar-refractivity contribution >= 4 is 24.0 Å². The highest BCUT2D eigenvalue weighted by molar-refractivity contribution is 6.31. The highest BCUT2D eigenvalue weighted by Crippen LogP contribution is 2.57. The molecule has 3 rings (SSSR count). The molecule has 0 radical (unpaired) electrons. The van der Waals surface area contributed by atoms with Crippen LogP contribution >= 0.6 is 24.0 Å². The Kier molecular flexibility index (Phi) is 2.70. The second-order valence-corrected chi connectivity index (χ2v) is 4.72. The van der Waals surface area contributed by atoms with Crippen molar-refractivity contribution in [3.8, 4) is 0 Å². The summed E-state index contributed by atoms with van der Waals surface area (Å²) in [7, 11) is 0. The molecule has 2 atom stereocenters. The van der Waals surface area contributed by atoms with Gasteiger partial charge >= 0.3 is 0 Å². The van der Waals surface area contributed by atoms with Crippen molar-refractivity contribution in [2.75, 3.05) is 13.1 Å². The maximum atomic E-state index is 12.9. The van der Waals surface area contributed by atoms with E-state index in [2.05, 4.69) is 5.32 Å². The molecular weight excluding hydrogens is 236 g/mol. The van der Waals surface area contributed by atoms with E-state index in [0.717, 1.165) is 18.7 Å². The van der Waals surface area contributed by atoms with Gasteiger partial charge in [-0.2, -0.15) is 0 Å². The fourth-order valence-electron chi connectivity index (χ4n) is 2.65. The first kappa shape index (κ1) is 11.2. The van der Waals surface area contributed by atoms with E-state index in [-0.39, 0.29) is 23.6 Å². The third-order valence-electron chi connectivity index (χ3n) is 3.53. The van der Waals surface area contributed by atoms with E-state index in [0.29, 0.717) is 10.9 Å². The summed E-state index contributed by atoms with van der Waals surface area (Å²) in [5.74, 6) is 0.462. The summed E-state index contributed by atoms with van der Waals surface area (Å²) in [6.07, 6.45) is 1.20. The Hall–Kier alpha value is -0.310. The van der Waals surface area contributed by atoms with E-state index < -0.39 is 0 Å². The van der Waals surface area contributed by atoms with Crippen LogP contribution in [0.5, 0.6) is 0 Å². The molecule has 1 aromatic rings. The zero-order chi connectivity index (χ0) is 9.76. The molecule has 4 heteroatoms. The van der Waals surface area contributed by atoms with Gasteiger partial charge in [0.1, 0.15) is 5.82 Å². The average Bonchev–Trinajstić information content (AvgIpc) is 2.69. The lowest BCUT2D eigenvalue weighted by Gasteiger charge is -2.13. The minimum absolute atomic E-state index is 0. The second-order valence-electron chi connectivity index (χ2n) is 4.31. The molecule has 1 aromatic carbocycles. The molecule has 15 heavy (non-hydrogen) atoms. The van der Waals surface area contributed by atoms with E-state index in [1.807, 2.05) is 6.07 Å². The van der Waals surface area contributed by atoms with Crippen LogP contribution in [0.4, 0.5) is 4.39 Å². The Labute approximate surface area is 99.4 Å². The van der Waals surface area contributed by atoms with Crippen LogP contribution in [0.2, 0.25) is 5.02 Å². The lowest BCUT2D eigenvalue weighted by molar-refractivity contribution is 0.622. The summed E-state index contributed by atoms with van der Waals surface area (Å²) in [6.45, 7) is 2.07. The normalized spacial score (nSPS) is 32.0. The van der Waals surface area contributed by atoms with Crippen molar-refractivity contribution in [1.29, 1.82) is 0 Å². The molecule has 1 aliphatic carbocycles. The van der Waals surface area contributed by atoms with Crippen LogP contribution in [0, 0.1) is 11.7 Å². The molecule has 1 aliphatic heterocycles. The highest BCUT2D eigenvalue weighted by Gasteiger charge is 2.58.